The molecular weight excluding hydrogens is 1500 g/mol. The molecule has 6 fully saturated rings. The molecule has 11 aromatic carbocycles. The molecule has 6 heterocycles. The Labute approximate surface area is 692 Å². The number of carbonyl (C=O) groups excluding carboxylic acids is 6. The Morgan fingerprint density at radius 3 is 1.03 bits per heavy atom. The molecule has 119 heavy (non-hydrogen) atoms. The fraction of sp³-hybridized carbons (Fsp3) is 0.374. The van der Waals surface area contributed by atoms with Crippen LogP contribution in [0.25, 0.3) is 43.1 Å². The van der Waals surface area contributed by atoms with Gasteiger partial charge < -0.3 is 53.4 Å². The van der Waals surface area contributed by atoms with Crippen molar-refractivity contribution in [3.63, 3.8) is 0 Å². The molecule has 19 rings (SSSR count). The van der Waals surface area contributed by atoms with Crippen molar-refractivity contribution in [1.82, 2.24) is 14.7 Å². The Bertz CT molecular complexity index is 5660. The van der Waals surface area contributed by atoms with E-state index < -0.39 is 59.4 Å². The molecule has 20 heteroatoms. The summed E-state index contributed by atoms with van der Waals surface area (Å²) in [6.07, 6.45) is 9.73. The molecule has 11 aromatic rings. The number of imide groups is 2. The molecule has 0 spiro atoms. The zero-order valence-corrected chi connectivity index (χ0v) is 68.8. The minimum absolute atomic E-state index is 0.0835. The minimum Gasteiger partial charge on any atom is -0.456 e. The number of amides is 6. The molecule has 20 nitrogen and oxygen atoms in total. The van der Waals surface area contributed by atoms with Crippen molar-refractivity contribution in [3.05, 3.63) is 218 Å². The summed E-state index contributed by atoms with van der Waals surface area (Å²) in [7, 11) is 0. The highest BCUT2D eigenvalue weighted by atomic mass is 16.6. The van der Waals surface area contributed by atoms with Crippen molar-refractivity contribution in [2.45, 2.75) is 175 Å². The number of benzene rings is 11. The van der Waals surface area contributed by atoms with Gasteiger partial charge in [-0.3, -0.25) is 43.5 Å². The fourth-order valence-corrected chi connectivity index (χ4v) is 19.3. The van der Waals surface area contributed by atoms with Gasteiger partial charge in [0.2, 0.25) is 11.8 Å². The van der Waals surface area contributed by atoms with Crippen molar-refractivity contribution in [2.75, 3.05) is 68.1 Å². The molecule has 0 bridgehead atoms. The Morgan fingerprint density at radius 1 is 0.370 bits per heavy atom. The van der Waals surface area contributed by atoms with E-state index in [0.717, 1.165) is 120 Å². The highest BCUT2D eigenvalue weighted by Gasteiger charge is 2.50. The second kappa shape index (κ2) is 31.8. The molecule has 8 aliphatic rings. The van der Waals surface area contributed by atoms with Crippen LogP contribution in [0.5, 0.6) is 46.0 Å². The van der Waals surface area contributed by atoms with Crippen LogP contribution >= 0.6 is 0 Å². The second-order valence-electron chi connectivity index (χ2n) is 34.7. The van der Waals surface area contributed by atoms with Crippen molar-refractivity contribution >= 4 is 95.6 Å². The van der Waals surface area contributed by atoms with Gasteiger partial charge >= 0.3 is 0 Å². The first-order chi connectivity index (χ1) is 57.7. The number of carbonyl (C=O) groups is 6. The van der Waals surface area contributed by atoms with E-state index >= 15 is 28.8 Å². The van der Waals surface area contributed by atoms with E-state index in [1.54, 1.807) is 24.3 Å². The maximum Gasteiger partial charge on any atom is 0.262 e. The monoisotopic (exact) mass is 1600 g/mol. The van der Waals surface area contributed by atoms with Gasteiger partial charge in [-0.2, -0.15) is 0 Å². The highest BCUT2D eigenvalue weighted by Crippen LogP contribution is 2.59. The van der Waals surface area contributed by atoms with E-state index in [0.29, 0.717) is 138 Å². The van der Waals surface area contributed by atoms with E-state index in [1.807, 2.05) is 177 Å². The average molecular weight is 1600 g/mol. The molecule has 0 radical (unpaired) electrons. The molecule has 6 atom stereocenters. The quantitative estimate of drug-likeness (QED) is 0.0160. The summed E-state index contributed by atoms with van der Waals surface area (Å²) < 4.78 is 52.9. The van der Waals surface area contributed by atoms with Crippen LogP contribution in [0.15, 0.2) is 146 Å². The largest absolute Gasteiger partial charge is 0.456 e. The zero-order chi connectivity index (χ0) is 81.8. The molecule has 6 unspecified atom stereocenters. The number of fused-ring (bicyclic) bond motifs is 2. The van der Waals surface area contributed by atoms with Crippen molar-refractivity contribution in [3.8, 4) is 46.0 Å². The third kappa shape index (κ3) is 15.5. The first-order valence-corrected chi connectivity index (χ1v) is 42.6. The minimum atomic E-state index is -1.30. The van der Waals surface area contributed by atoms with Gasteiger partial charge in [0.15, 0.2) is 0 Å². The lowest BCUT2D eigenvalue weighted by atomic mass is 9.79. The van der Waals surface area contributed by atoms with E-state index in [9.17, 15) is 0 Å². The van der Waals surface area contributed by atoms with Crippen LogP contribution in [0.4, 0.5) is 17.1 Å². The predicted molar refractivity (Wildman–Crippen MR) is 459 cm³/mol. The van der Waals surface area contributed by atoms with Crippen LogP contribution in [0.2, 0.25) is 0 Å². The number of rotatable bonds is 27. The van der Waals surface area contributed by atoms with Gasteiger partial charge in [-0.25, -0.2) is 0 Å². The normalized spacial score (nSPS) is 19.6. The molecule has 4 saturated heterocycles. The van der Waals surface area contributed by atoms with Gasteiger partial charge in [0.1, 0.15) is 58.1 Å². The summed E-state index contributed by atoms with van der Waals surface area (Å²) in [5, 5.41) is 9.14. The fourth-order valence-electron chi connectivity index (χ4n) is 19.3. The molecule has 2 saturated carbocycles. The van der Waals surface area contributed by atoms with Gasteiger partial charge in [0.25, 0.3) is 23.6 Å². The summed E-state index contributed by atoms with van der Waals surface area (Å²) in [5.41, 5.74) is 10.3. The SMILES string of the molecule is Cc1ccc(Oc2cc3c4c(cc(Oc5ccc(C)cc5C)c5c6c(Oc7ccc(C)cc7C)cc7c8c(cc(Oc9ccc(C)cc9C)c(c2c45)c86)C(=O)N(C(C(=O)Nc2cccc(CN(CC4CO4)CC4CO4)c2)C2CCCCCC2)C7=O)C(=O)N(C(C(=O)Nc2ccc(N(CC4CO4)CC4CO4)cc2)C2CCCCCC2)C3=O)c(C)c1. The lowest BCUT2D eigenvalue weighted by molar-refractivity contribution is -0.122. The zero-order valence-electron chi connectivity index (χ0n) is 68.8. The van der Waals surface area contributed by atoms with Gasteiger partial charge in [0, 0.05) is 92.9 Å². The Morgan fingerprint density at radius 2 is 0.697 bits per heavy atom. The second-order valence-corrected chi connectivity index (χ2v) is 34.7. The third-order valence-corrected chi connectivity index (χ3v) is 25.4. The molecule has 2 N–H and O–H groups in total. The van der Waals surface area contributed by atoms with Crippen molar-refractivity contribution in [1.29, 1.82) is 0 Å². The Kier molecular flexibility index (Phi) is 20.7. The maximum atomic E-state index is 17.1. The predicted octanol–water partition coefficient (Wildman–Crippen LogP) is 19.7. The first kappa shape index (κ1) is 77.6. The number of hydrogen-bond acceptors (Lipinski definition) is 16. The first-order valence-electron chi connectivity index (χ1n) is 42.6. The standard InChI is InChI=1S/C99H100N6O14/c1-54-24-32-76(58(5)36-54)116-80-41-72-84-73(97(109)104(96(72)108)92(63-19-13-9-10-14-20-63)94(106)100-65-28-30-67(31-29-65)103(48-70-52-114-70)49-71-53-115-71)42-81(117-77-33-25-55(2)37-59(77)6)87-89-83(119-79-35-27-57(4)39-61(79)8)44-75-85-74(43-82(88(91(85)89)86(80)90(84)87)118-78-34-26-56(3)38-60(78)7)98(110)105(99(75)111)93(64-21-15-11-12-16-22-64)95(107)101-66-23-17-18-62(40-66)45-102(46-68-50-112-68)47-69-51-113-69/h17-18,23-44,63-64,68-71,92-93H,9-16,19-22,45-53H2,1-8H3,(H,100,106)(H,101,107). The van der Waals surface area contributed by atoms with E-state index in [2.05, 4.69) is 20.4 Å². The lowest BCUT2D eigenvalue weighted by Gasteiger charge is -2.38. The summed E-state index contributed by atoms with van der Waals surface area (Å²) in [6, 6.07) is 43.1. The number of aryl methyl sites for hydroxylation is 8. The number of nitrogens with zero attached hydrogens (tertiary/aromatic N) is 4. The van der Waals surface area contributed by atoms with Crippen LogP contribution in [-0.4, -0.2) is 139 Å². The average Bonchev–Trinajstić information content (AvgIpc) is 1.59. The maximum absolute atomic E-state index is 17.1. The highest BCUT2D eigenvalue weighted by molar-refractivity contribution is 6.45. The van der Waals surface area contributed by atoms with Gasteiger partial charge in [-0.1, -0.05) is 134 Å². The van der Waals surface area contributed by atoms with Crippen molar-refractivity contribution < 1.29 is 66.7 Å². The molecule has 6 amide bonds. The third-order valence-electron chi connectivity index (χ3n) is 25.4. The van der Waals surface area contributed by atoms with Crippen LogP contribution in [0.3, 0.4) is 0 Å². The van der Waals surface area contributed by atoms with Crippen LogP contribution in [-0.2, 0) is 35.1 Å². The summed E-state index contributed by atoms with van der Waals surface area (Å²) in [6.45, 7) is 22.1. The smallest absolute Gasteiger partial charge is 0.262 e. The molecule has 0 aromatic heterocycles. The Balaban J connectivity index is 0.857. The van der Waals surface area contributed by atoms with E-state index in [4.69, 9.17) is 37.9 Å². The summed E-state index contributed by atoms with van der Waals surface area (Å²) >= 11 is 0. The molecular formula is C99H100N6O14. The summed E-state index contributed by atoms with van der Waals surface area (Å²) in [5.74, 6) is -2.29. The number of anilines is 3. The Hall–Kier alpha value is -11.3. The molecule has 2 aliphatic carbocycles. The van der Waals surface area contributed by atoms with Gasteiger partial charge in [-0.15, -0.1) is 0 Å². The molecule has 610 valence electrons. The van der Waals surface area contributed by atoms with Gasteiger partial charge in [0.05, 0.1) is 73.1 Å². The van der Waals surface area contributed by atoms with Gasteiger partial charge in [-0.05, 0) is 206 Å². The number of epoxide rings is 4. The lowest BCUT2D eigenvalue weighted by Crippen LogP contribution is -2.55. The summed E-state index contributed by atoms with van der Waals surface area (Å²) in [4.78, 5) is 108. The van der Waals surface area contributed by atoms with E-state index in [-0.39, 0.29) is 80.4 Å². The van der Waals surface area contributed by atoms with Crippen molar-refractivity contribution in [2.24, 2.45) is 11.8 Å². The number of nitrogens with one attached hydrogen (secondary N) is 2. The molecule has 6 aliphatic heterocycles. The van der Waals surface area contributed by atoms with Crippen LogP contribution in [0.1, 0.15) is 169 Å². The number of ether oxygens (including phenoxy) is 8. The topological polar surface area (TPSA) is 226 Å². The van der Waals surface area contributed by atoms with Crippen LogP contribution < -0.4 is 34.5 Å². The number of hydrogen-bond donors (Lipinski definition) is 2. The van der Waals surface area contributed by atoms with Crippen LogP contribution in [0, 0.1) is 67.2 Å². The van der Waals surface area contributed by atoms with E-state index in [1.165, 1.54) is 9.80 Å².